The first kappa shape index (κ1) is 13.5. The van der Waals surface area contributed by atoms with Crippen LogP contribution in [-0.4, -0.2) is 31.4 Å². The van der Waals surface area contributed by atoms with Crippen LogP contribution in [0.1, 0.15) is 19.4 Å². The third-order valence-corrected chi connectivity index (χ3v) is 3.14. The molecule has 0 radical (unpaired) electrons. The van der Waals surface area contributed by atoms with E-state index in [1.165, 1.54) is 0 Å². The summed E-state index contributed by atoms with van der Waals surface area (Å²) >= 11 is 0. The molecule has 2 rings (SSSR count). The number of hydrogen-bond donors (Lipinski definition) is 1. The van der Waals surface area contributed by atoms with E-state index in [2.05, 4.69) is 0 Å². The van der Waals surface area contributed by atoms with Gasteiger partial charge < -0.3 is 19.3 Å². The number of aliphatic carboxylic acids is 1. The first-order chi connectivity index (χ1) is 8.94. The fourth-order valence-electron chi connectivity index (χ4n) is 2.00. The van der Waals surface area contributed by atoms with Crippen LogP contribution in [0.2, 0.25) is 0 Å². The van der Waals surface area contributed by atoms with Gasteiger partial charge in [0.2, 0.25) is 0 Å². The highest BCUT2D eigenvalue weighted by Gasteiger charge is 2.30. The van der Waals surface area contributed by atoms with E-state index in [4.69, 9.17) is 14.2 Å². The lowest BCUT2D eigenvalue weighted by molar-refractivity contribution is -0.146. The van der Waals surface area contributed by atoms with Gasteiger partial charge in [0.25, 0.3) is 0 Å². The van der Waals surface area contributed by atoms with E-state index < -0.39 is 11.4 Å². The first-order valence-electron chi connectivity index (χ1n) is 6.14. The molecule has 1 aromatic carbocycles. The van der Waals surface area contributed by atoms with E-state index in [0.29, 0.717) is 36.9 Å². The lowest BCUT2D eigenvalue weighted by Crippen LogP contribution is -2.27. The predicted octanol–water partition coefficient (Wildman–Crippen LogP) is 2.12. The van der Waals surface area contributed by atoms with Crippen LogP contribution in [0.5, 0.6) is 17.2 Å². The number of ether oxygens (including phenoxy) is 3. The molecule has 1 aliphatic heterocycles. The Bertz CT molecular complexity index is 493. The Morgan fingerprint density at radius 3 is 2.68 bits per heavy atom. The van der Waals surface area contributed by atoms with Crippen LogP contribution in [0, 0.1) is 5.41 Å². The van der Waals surface area contributed by atoms with E-state index >= 15 is 0 Å². The molecule has 0 saturated heterocycles. The number of rotatable bonds is 4. The summed E-state index contributed by atoms with van der Waals surface area (Å²) in [6.45, 7) is 4.33. The fraction of sp³-hybridized carbons (Fsp3) is 0.500. The fourth-order valence-corrected chi connectivity index (χ4v) is 2.00. The van der Waals surface area contributed by atoms with Gasteiger partial charge in [-0.1, -0.05) is 0 Å². The molecule has 104 valence electrons. The Kier molecular flexibility index (Phi) is 3.55. The van der Waals surface area contributed by atoms with E-state index in [9.17, 15) is 9.90 Å². The van der Waals surface area contributed by atoms with Gasteiger partial charge in [0, 0.05) is 11.6 Å². The van der Waals surface area contributed by atoms with Gasteiger partial charge in [-0.05, 0) is 26.3 Å². The third kappa shape index (κ3) is 2.75. The average Bonchev–Trinajstić information content (AvgIpc) is 2.38. The van der Waals surface area contributed by atoms with Crippen LogP contribution in [0.4, 0.5) is 0 Å². The first-order valence-corrected chi connectivity index (χ1v) is 6.14. The van der Waals surface area contributed by atoms with E-state index in [-0.39, 0.29) is 0 Å². The summed E-state index contributed by atoms with van der Waals surface area (Å²) in [5.74, 6) is 1.03. The summed E-state index contributed by atoms with van der Waals surface area (Å²) in [5.41, 5.74) is -0.0811. The van der Waals surface area contributed by atoms with Crippen molar-refractivity contribution in [3.8, 4) is 17.2 Å². The monoisotopic (exact) mass is 266 g/mol. The number of carboxylic acid groups (broad SMARTS) is 1. The quantitative estimate of drug-likeness (QED) is 0.904. The molecule has 19 heavy (non-hydrogen) atoms. The summed E-state index contributed by atoms with van der Waals surface area (Å²) < 4.78 is 16.3. The second-order valence-corrected chi connectivity index (χ2v) is 5.18. The highest BCUT2D eigenvalue weighted by Crippen LogP contribution is 2.40. The Morgan fingerprint density at radius 2 is 2.05 bits per heavy atom. The molecule has 0 bridgehead atoms. The molecule has 0 saturated carbocycles. The molecule has 1 N–H and O–H groups in total. The van der Waals surface area contributed by atoms with E-state index in [1.54, 1.807) is 33.1 Å². The van der Waals surface area contributed by atoms with Crippen molar-refractivity contribution in [2.45, 2.75) is 20.3 Å². The number of benzene rings is 1. The Morgan fingerprint density at radius 1 is 1.37 bits per heavy atom. The highest BCUT2D eigenvalue weighted by atomic mass is 16.6. The minimum atomic E-state index is -0.874. The molecule has 0 fully saturated rings. The van der Waals surface area contributed by atoms with Crippen molar-refractivity contribution in [1.29, 1.82) is 0 Å². The molecule has 0 unspecified atom stereocenters. The molecule has 0 aromatic heterocycles. The van der Waals surface area contributed by atoms with Crippen LogP contribution < -0.4 is 14.2 Å². The number of methoxy groups -OCH3 is 1. The van der Waals surface area contributed by atoms with E-state index in [1.807, 2.05) is 0 Å². The minimum absolute atomic E-state index is 0.352. The summed E-state index contributed by atoms with van der Waals surface area (Å²) in [4.78, 5) is 11.2. The zero-order valence-corrected chi connectivity index (χ0v) is 11.4. The second kappa shape index (κ2) is 4.99. The largest absolute Gasteiger partial charge is 0.497 e. The standard InChI is InChI=1S/C14H18O5/c1-14(2,13(15)16)8-9-6-10(17-3)7-11-12(9)19-5-4-18-11/h6-7H,4-5,8H2,1-3H3,(H,15,16). The van der Waals surface area contributed by atoms with Crippen LogP contribution >= 0.6 is 0 Å². The van der Waals surface area contributed by atoms with Crippen LogP contribution in [0.25, 0.3) is 0 Å². The molecule has 1 aromatic rings. The number of fused-ring (bicyclic) bond motifs is 1. The zero-order valence-electron chi connectivity index (χ0n) is 11.4. The maximum absolute atomic E-state index is 11.2. The van der Waals surface area contributed by atoms with Crippen molar-refractivity contribution in [2.24, 2.45) is 5.41 Å². The number of hydrogen-bond acceptors (Lipinski definition) is 4. The van der Waals surface area contributed by atoms with Gasteiger partial charge in [-0.3, -0.25) is 4.79 Å². The molecule has 5 nitrogen and oxygen atoms in total. The smallest absolute Gasteiger partial charge is 0.309 e. The lowest BCUT2D eigenvalue weighted by Gasteiger charge is -2.25. The van der Waals surface area contributed by atoms with Crippen molar-refractivity contribution < 1.29 is 24.1 Å². The summed E-state index contributed by atoms with van der Waals surface area (Å²) in [5, 5.41) is 9.23. The van der Waals surface area contributed by atoms with Gasteiger partial charge in [-0.15, -0.1) is 0 Å². The van der Waals surface area contributed by atoms with Crippen molar-refractivity contribution in [3.63, 3.8) is 0 Å². The zero-order chi connectivity index (χ0) is 14.0. The second-order valence-electron chi connectivity index (χ2n) is 5.18. The van der Waals surface area contributed by atoms with Crippen molar-refractivity contribution in [3.05, 3.63) is 17.7 Å². The van der Waals surface area contributed by atoms with Gasteiger partial charge in [-0.2, -0.15) is 0 Å². The Balaban J connectivity index is 2.41. The number of carboxylic acids is 1. The van der Waals surface area contributed by atoms with Crippen LogP contribution in [0.3, 0.4) is 0 Å². The summed E-state index contributed by atoms with van der Waals surface area (Å²) in [6.07, 6.45) is 0.352. The van der Waals surface area contributed by atoms with Crippen molar-refractivity contribution in [2.75, 3.05) is 20.3 Å². The molecule has 0 spiro atoms. The SMILES string of the molecule is COc1cc(CC(C)(C)C(=O)O)c2c(c1)OCCO2. The molecule has 5 heteroatoms. The maximum atomic E-state index is 11.2. The lowest BCUT2D eigenvalue weighted by atomic mass is 9.85. The summed E-state index contributed by atoms with van der Waals surface area (Å²) in [6, 6.07) is 3.56. The van der Waals surface area contributed by atoms with Crippen molar-refractivity contribution in [1.82, 2.24) is 0 Å². The predicted molar refractivity (Wildman–Crippen MR) is 69.1 cm³/mol. The molecular weight excluding hydrogens is 248 g/mol. The van der Waals surface area contributed by atoms with Crippen LogP contribution in [0.15, 0.2) is 12.1 Å². The number of carbonyl (C=O) groups is 1. The normalized spacial score (nSPS) is 14.1. The molecule has 0 aliphatic carbocycles. The highest BCUT2D eigenvalue weighted by molar-refractivity contribution is 5.74. The Labute approximate surface area is 112 Å². The van der Waals surface area contributed by atoms with Crippen LogP contribution in [-0.2, 0) is 11.2 Å². The molecule has 1 aliphatic rings. The van der Waals surface area contributed by atoms with Gasteiger partial charge in [-0.25, -0.2) is 0 Å². The Hall–Kier alpha value is -1.91. The maximum Gasteiger partial charge on any atom is 0.309 e. The third-order valence-electron chi connectivity index (χ3n) is 3.14. The van der Waals surface area contributed by atoms with Gasteiger partial charge >= 0.3 is 5.97 Å². The van der Waals surface area contributed by atoms with E-state index in [0.717, 1.165) is 5.56 Å². The summed E-state index contributed by atoms with van der Waals surface area (Å²) in [7, 11) is 1.57. The molecular formula is C14H18O5. The van der Waals surface area contributed by atoms with Gasteiger partial charge in [0.15, 0.2) is 11.5 Å². The average molecular weight is 266 g/mol. The van der Waals surface area contributed by atoms with Crippen molar-refractivity contribution >= 4 is 5.97 Å². The van der Waals surface area contributed by atoms with Gasteiger partial charge in [0.1, 0.15) is 19.0 Å². The van der Waals surface area contributed by atoms with Gasteiger partial charge in [0.05, 0.1) is 12.5 Å². The molecule has 1 heterocycles. The minimum Gasteiger partial charge on any atom is -0.497 e. The molecule has 0 atom stereocenters. The topological polar surface area (TPSA) is 65.0 Å². The molecule has 0 amide bonds.